The zero-order valence-corrected chi connectivity index (χ0v) is 17.9. The third-order valence-corrected chi connectivity index (χ3v) is 4.90. The molecular formula is C21H25N3O7. The summed E-state index contributed by atoms with van der Waals surface area (Å²) in [5.74, 6) is -2.34. The number of hydrogen-bond acceptors (Lipinski definition) is 7. The van der Waals surface area contributed by atoms with E-state index in [9.17, 15) is 24.0 Å². The van der Waals surface area contributed by atoms with Crippen molar-refractivity contribution in [3.63, 3.8) is 0 Å². The average molecular weight is 431 g/mol. The molecule has 10 heteroatoms. The van der Waals surface area contributed by atoms with Crippen LogP contribution in [0.1, 0.15) is 54.3 Å². The minimum atomic E-state index is -1.10. The minimum Gasteiger partial charge on any atom is -0.444 e. The number of hydrogen-bond donors (Lipinski definition) is 1. The molecule has 0 spiro atoms. The number of nitrogens with zero attached hydrogens (tertiary/aromatic N) is 2. The van der Waals surface area contributed by atoms with Gasteiger partial charge in [0, 0.05) is 13.5 Å². The molecule has 2 heterocycles. The van der Waals surface area contributed by atoms with Crippen LogP contribution >= 0.6 is 0 Å². The molecule has 0 aliphatic carbocycles. The Balaban J connectivity index is 1.87. The molecular weight excluding hydrogens is 406 g/mol. The van der Waals surface area contributed by atoms with Gasteiger partial charge in [-0.3, -0.25) is 34.3 Å². The first-order valence-electron chi connectivity index (χ1n) is 9.89. The van der Waals surface area contributed by atoms with Crippen LogP contribution in [-0.2, 0) is 19.1 Å². The van der Waals surface area contributed by atoms with Gasteiger partial charge in [-0.1, -0.05) is 6.07 Å². The second-order valence-corrected chi connectivity index (χ2v) is 8.27. The lowest BCUT2D eigenvalue weighted by atomic mass is 10.0. The van der Waals surface area contributed by atoms with Crippen LogP contribution in [0.15, 0.2) is 18.2 Å². The highest BCUT2D eigenvalue weighted by Crippen LogP contribution is 2.33. The number of carbonyl (C=O) groups is 5. The standard InChI is InChI=1S/C21H25N3O7/c1-21(2,3)31-20(29)22-13-7-5-6-12-16(13)19(28)24(17(12)26)14-8-9-15(25)23(18(14)27)10-11-30-4/h5-7,14H,8-11H2,1-4H3,(H,22,29). The van der Waals surface area contributed by atoms with Gasteiger partial charge in [-0.25, -0.2) is 4.79 Å². The largest absolute Gasteiger partial charge is 0.444 e. The summed E-state index contributed by atoms with van der Waals surface area (Å²) in [6, 6.07) is 3.36. The number of likely N-dealkylation sites (tertiary alicyclic amines) is 1. The van der Waals surface area contributed by atoms with E-state index in [1.807, 2.05) is 0 Å². The molecule has 0 bridgehead atoms. The highest BCUT2D eigenvalue weighted by molar-refractivity contribution is 6.26. The first kappa shape index (κ1) is 22.4. The number of fused-ring (bicyclic) bond motifs is 1. The number of ether oxygens (including phenoxy) is 2. The van der Waals surface area contributed by atoms with Gasteiger partial charge in [0.25, 0.3) is 17.7 Å². The van der Waals surface area contributed by atoms with Crippen molar-refractivity contribution < 1.29 is 33.4 Å². The van der Waals surface area contributed by atoms with E-state index < -0.39 is 35.5 Å². The summed E-state index contributed by atoms with van der Waals surface area (Å²) >= 11 is 0. The Bertz CT molecular complexity index is 951. The Morgan fingerprint density at radius 3 is 2.52 bits per heavy atom. The highest BCUT2D eigenvalue weighted by Gasteiger charge is 2.47. The van der Waals surface area contributed by atoms with E-state index in [-0.39, 0.29) is 48.7 Å². The second-order valence-electron chi connectivity index (χ2n) is 8.27. The molecule has 3 rings (SSSR count). The van der Waals surface area contributed by atoms with Crippen molar-refractivity contribution in [1.82, 2.24) is 9.80 Å². The summed E-state index contributed by atoms with van der Waals surface area (Å²) in [7, 11) is 1.44. The SMILES string of the molecule is COCCN1C(=O)CCC(N2C(=O)c3cccc(NC(=O)OC(C)(C)C)c3C2=O)C1=O. The van der Waals surface area contributed by atoms with E-state index in [4.69, 9.17) is 9.47 Å². The Morgan fingerprint density at radius 1 is 1.16 bits per heavy atom. The Hall–Kier alpha value is -3.27. The lowest BCUT2D eigenvalue weighted by molar-refractivity contribution is -0.152. The van der Waals surface area contributed by atoms with Crippen LogP contribution < -0.4 is 5.32 Å². The highest BCUT2D eigenvalue weighted by atomic mass is 16.6. The second kappa shape index (κ2) is 8.46. The number of rotatable bonds is 5. The van der Waals surface area contributed by atoms with Gasteiger partial charge in [0.05, 0.1) is 30.0 Å². The predicted molar refractivity (Wildman–Crippen MR) is 108 cm³/mol. The van der Waals surface area contributed by atoms with Crippen LogP contribution in [0.25, 0.3) is 0 Å². The summed E-state index contributed by atoms with van der Waals surface area (Å²) in [5, 5.41) is 2.50. The molecule has 1 aromatic rings. The van der Waals surface area contributed by atoms with Crippen LogP contribution in [0.2, 0.25) is 0 Å². The lowest BCUT2D eigenvalue weighted by Gasteiger charge is -2.34. The molecule has 0 radical (unpaired) electrons. The number of nitrogens with one attached hydrogen (secondary N) is 1. The predicted octanol–water partition coefficient (Wildman–Crippen LogP) is 1.79. The lowest BCUT2D eigenvalue weighted by Crippen LogP contribution is -2.56. The van der Waals surface area contributed by atoms with Gasteiger partial charge in [0.2, 0.25) is 5.91 Å². The third kappa shape index (κ3) is 4.43. The summed E-state index contributed by atoms with van der Waals surface area (Å²) in [4.78, 5) is 65.3. The molecule has 1 unspecified atom stereocenters. The normalized spacial score (nSPS) is 19.0. The minimum absolute atomic E-state index is 0.00787. The van der Waals surface area contributed by atoms with E-state index in [0.717, 1.165) is 9.80 Å². The van der Waals surface area contributed by atoms with Crippen LogP contribution in [0.3, 0.4) is 0 Å². The summed E-state index contributed by atoms with van der Waals surface area (Å²) in [5.41, 5.74) is -0.568. The monoisotopic (exact) mass is 431 g/mol. The first-order chi connectivity index (χ1) is 14.5. The summed E-state index contributed by atoms with van der Waals surface area (Å²) in [6.45, 7) is 5.28. The number of carbonyl (C=O) groups excluding carboxylic acids is 5. The van der Waals surface area contributed by atoms with Crippen molar-refractivity contribution >= 4 is 35.4 Å². The first-order valence-corrected chi connectivity index (χ1v) is 9.89. The summed E-state index contributed by atoms with van der Waals surface area (Å²) < 4.78 is 10.2. The van der Waals surface area contributed by atoms with Gasteiger partial charge in [-0.2, -0.15) is 0 Å². The van der Waals surface area contributed by atoms with Crippen molar-refractivity contribution in [2.75, 3.05) is 25.6 Å². The van der Waals surface area contributed by atoms with Crippen molar-refractivity contribution in [3.8, 4) is 0 Å². The van der Waals surface area contributed by atoms with Crippen LogP contribution in [-0.4, -0.2) is 71.4 Å². The molecule has 10 nitrogen and oxygen atoms in total. The average Bonchev–Trinajstić information content (AvgIpc) is 2.92. The van der Waals surface area contributed by atoms with E-state index in [1.165, 1.54) is 25.3 Å². The number of anilines is 1. The molecule has 1 fully saturated rings. The van der Waals surface area contributed by atoms with Crippen LogP contribution in [0, 0.1) is 0 Å². The maximum Gasteiger partial charge on any atom is 0.412 e. The van der Waals surface area contributed by atoms with E-state index in [1.54, 1.807) is 20.8 Å². The molecule has 2 aliphatic rings. The van der Waals surface area contributed by atoms with Gasteiger partial charge in [-0.15, -0.1) is 0 Å². The Morgan fingerprint density at radius 2 is 1.87 bits per heavy atom. The smallest absolute Gasteiger partial charge is 0.412 e. The number of piperidine rings is 1. The van der Waals surface area contributed by atoms with Gasteiger partial charge in [0.15, 0.2) is 0 Å². The molecule has 1 saturated heterocycles. The molecule has 0 saturated carbocycles. The van der Waals surface area contributed by atoms with Gasteiger partial charge in [0.1, 0.15) is 11.6 Å². The van der Waals surface area contributed by atoms with Gasteiger partial charge >= 0.3 is 6.09 Å². The van der Waals surface area contributed by atoms with E-state index in [0.29, 0.717) is 0 Å². The molecule has 31 heavy (non-hydrogen) atoms. The third-order valence-electron chi connectivity index (χ3n) is 4.90. The maximum absolute atomic E-state index is 13.2. The molecule has 1 aromatic carbocycles. The molecule has 5 amide bonds. The van der Waals surface area contributed by atoms with Crippen molar-refractivity contribution in [2.24, 2.45) is 0 Å². The number of imide groups is 2. The topological polar surface area (TPSA) is 122 Å². The summed E-state index contributed by atoms with van der Waals surface area (Å²) in [6.07, 6.45) is -0.706. The molecule has 1 N–H and O–H groups in total. The van der Waals surface area contributed by atoms with E-state index in [2.05, 4.69) is 5.32 Å². The van der Waals surface area contributed by atoms with Crippen molar-refractivity contribution in [1.29, 1.82) is 0 Å². The quantitative estimate of drug-likeness (QED) is 0.705. The van der Waals surface area contributed by atoms with Gasteiger partial charge in [-0.05, 0) is 39.3 Å². The zero-order chi connectivity index (χ0) is 22.9. The zero-order valence-electron chi connectivity index (χ0n) is 17.9. The fourth-order valence-corrected chi connectivity index (χ4v) is 3.58. The van der Waals surface area contributed by atoms with Gasteiger partial charge < -0.3 is 9.47 Å². The van der Waals surface area contributed by atoms with Crippen LogP contribution in [0.4, 0.5) is 10.5 Å². The molecule has 2 aliphatic heterocycles. The van der Waals surface area contributed by atoms with Crippen molar-refractivity contribution in [3.05, 3.63) is 29.3 Å². The molecule has 1 atom stereocenters. The van der Waals surface area contributed by atoms with Crippen LogP contribution in [0.5, 0.6) is 0 Å². The Kier molecular flexibility index (Phi) is 6.12. The Labute approximate surface area is 179 Å². The number of methoxy groups -OCH3 is 1. The van der Waals surface area contributed by atoms with Crippen molar-refractivity contribution in [2.45, 2.75) is 45.3 Å². The molecule has 0 aromatic heterocycles. The molecule has 166 valence electrons. The van der Waals surface area contributed by atoms with E-state index >= 15 is 0 Å². The number of benzene rings is 1. The fraction of sp³-hybridized carbons (Fsp3) is 0.476. The number of amides is 5. The fourth-order valence-electron chi connectivity index (χ4n) is 3.58. The maximum atomic E-state index is 13.2.